The molecule has 0 aliphatic rings. The van der Waals surface area contributed by atoms with Crippen molar-refractivity contribution in [1.82, 2.24) is 10.3 Å². The molecule has 3 nitrogen and oxygen atoms in total. The predicted molar refractivity (Wildman–Crippen MR) is 97.9 cm³/mol. The molecule has 1 aromatic carbocycles. The summed E-state index contributed by atoms with van der Waals surface area (Å²) in [4.78, 5) is 16.7. The lowest BCUT2D eigenvalue weighted by Gasteiger charge is -2.05. The molecular weight excluding hydrogens is 304 g/mol. The van der Waals surface area contributed by atoms with Crippen LogP contribution in [0.3, 0.4) is 0 Å². The summed E-state index contributed by atoms with van der Waals surface area (Å²) in [6.45, 7) is 6.24. The summed E-state index contributed by atoms with van der Waals surface area (Å²) in [7, 11) is 0. The summed E-state index contributed by atoms with van der Waals surface area (Å²) >= 11 is 1.71. The zero-order valence-corrected chi connectivity index (χ0v) is 14.0. The molecule has 2 heterocycles. The molecule has 0 atom stereocenters. The van der Waals surface area contributed by atoms with Crippen molar-refractivity contribution in [2.75, 3.05) is 6.54 Å². The highest BCUT2D eigenvalue weighted by Crippen LogP contribution is 2.34. The van der Waals surface area contributed by atoms with Crippen LogP contribution in [0.5, 0.6) is 0 Å². The summed E-state index contributed by atoms with van der Waals surface area (Å²) in [6, 6.07) is 10.6. The van der Waals surface area contributed by atoms with E-state index in [0.717, 1.165) is 17.6 Å². The first-order valence-corrected chi connectivity index (χ1v) is 8.59. The minimum atomic E-state index is 0.0593. The Morgan fingerprint density at radius 2 is 2.26 bits per heavy atom. The van der Waals surface area contributed by atoms with Crippen molar-refractivity contribution >= 4 is 28.1 Å². The molecule has 0 saturated heterocycles. The molecule has 4 heteroatoms. The standard InChI is InChI=1S/C19H20N2OS/c1-3-10-20-18(22)9-7-14-15-12-13(2)6-8-16(15)21-19(14)17-5-4-11-23-17/h3-6,8,11-12,21H,1,7,9-10H2,2H3,(H,20,22). The third kappa shape index (κ3) is 3.37. The highest BCUT2D eigenvalue weighted by atomic mass is 32.1. The molecule has 0 aliphatic carbocycles. The molecule has 3 rings (SSSR count). The van der Waals surface area contributed by atoms with Gasteiger partial charge in [-0.3, -0.25) is 4.79 Å². The molecule has 0 radical (unpaired) electrons. The van der Waals surface area contributed by atoms with Crippen LogP contribution in [0.4, 0.5) is 0 Å². The summed E-state index contributed by atoms with van der Waals surface area (Å²) < 4.78 is 0. The Kier molecular flexibility index (Phi) is 4.63. The number of aryl methyl sites for hydroxylation is 2. The molecule has 2 N–H and O–H groups in total. The van der Waals surface area contributed by atoms with Crippen LogP contribution in [0, 0.1) is 6.92 Å². The van der Waals surface area contributed by atoms with E-state index in [-0.39, 0.29) is 5.91 Å². The van der Waals surface area contributed by atoms with Gasteiger partial charge in [0.2, 0.25) is 5.91 Å². The number of aromatic nitrogens is 1. The van der Waals surface area contributed by atoms with Crippen LogP contribution < -0.4 is 5.32 Å². The van der Waals surface area contributed by atoms with Gasteiger partial charge in [0.25, 0.3) is 0 Å². The average molecular weight is 324 g/mol. The van der Waals surface area contributed by atoms with Crippen LogP contribution >= 0.6 is 11.3 Å². The van der Waals surface area contributed by atoms with E-state index in [1.54, 1.807) is 17.4 Å². The van der Waals surface area contributed by atoms with E-state index in [9.17, 15) is 4.79 Å². The van der Waals surface area contributed by atoms with Gasteiger partial charge in [0.05, 0.1) is 10.6 Å². The minimum absolute atomic E-state index is 0.0593. The highest BCUT2D eigenvalue weighted by Gasteiger charge is 2.15. The van der Waals surface area contributed by atoms with Crippen LogP contribution in [0.15, 0.2) is 48.4 Å². The Labute approximate surface area is 140 Å². The molecule has 2 aromatic heterocycles. The maximum atomic E-state index is 11.9. The monoisotopic (exact) mass is 324 g/mol. The predicted octanol–water partition coefficient (Wildman–Crippen LogP) is 4.44. The van der Waals surface area contributed by atoms with Gasteiger partial charge in [-0.25, -0.2) is 0 Å². The largest absolute Gasteiger partial charge is 0.354 e. The molecule has 0 aliphatic heterocycles. The van der Waals surface area contributed by atoms with Crippen molar-refractivity contribution in [3.05, 3.63) is 59.5 Å². The number of carbonyl (C=O) groups is 1. The third-order valence-corrected chi connectivity index (χ3v) is 4.76. The zero-order valence-electron chi connectivity index (χ0n) is 13.2. The number of H-pyrrole nitrogens is 1. The number of thiophene rings is 1. The van der Waals surface area contributed by atoms with Gasteiger partial charge in [0.15, 0.2) is 0 Å². The lowest BCUT2D eigenvalue weighted by molar-refractivity contribution is -0.120. The summed E-state index contributed by atoms with van der Waals surface area (Å²) in [6.07, 6.45) is 2.90. The fourth-order valence-electron chi connectivity index (χ4n) is 2.77. The van der Waals surface area contributed by atoms with Gasteiger partial charge in [0, 0.05) is 23.9 Å². The van der Waals surface area contributed by atoms with Crippen molar-refractivity contribution in [1.29, 1.82) is 0 Å². The first-order valence-electron chi connectivity index (χ1n) is 7.71. The molecule has 0 fully saturated rings. The summed E-state index contributed by atoms with van der Waals surface area (Å²) in [5, 5.41) is 6.13. The Morgan fingerprint density at radius 1 is 1.39 bits per heavy atom. The van der Waals surface area contributed by atoms with Gasteiger partial charge in [-0.2, -0.15) is 0 Å². The lowest BCUT2D eigenvalue weighted by Crippen LogP contribution is -2.23. The number of fused-ring (bicyclic) bond motifs is 1. The van der Waals surface area contributed by atoms with Gasteiger partial charge >= 0.3 is 0 Å². The van der Waals surface area contributed by atoms with E-state index < -0.39 is 0 Å². The van der Waals surface area contributed by atoms with Crippen molar-refractivity contribution in [3.63, 3.8) is 0 Å². The van der Waals surface area contributed by atoms with E-state index in [1.165, 1.54) is 21.4 Å². The van der Waals surface area contributed by atoms with Crippen LogP contribution in [0.1, 0.15) is 17.5 Å². The topological polar surface area (TPSA) is 44.9 Å². The highest BCUT2D eigenvalue weighted by molar-refractivity contribution is 7.13. The number of benzene rings is 1. The smallest absolute Gasteiger partial charge is 0.220 e. The third-order valence-electron chi connectivity index (χ3n) is 3.87. The first kappa shape index (κ1) is 15.6. The van der Waals surface area contributed by atoms with E-state index in [0.29, 0.717) is 13.0 Å². The maximum Gasteiger partial charge on any atom is 0.220 e. The van der Waals surface area contributed by atoms with Gasteiger partial charge in [-0.1, -0.05) is 23.8 Å². The summed E-state index contributed by atoms with van der Waals surface area (Å²) in [5.74, 6) is 0.0593. The molecule has 0 spiro atoms. The number of nitrogens with one attached hydrogen (secondary N) is 2. The molecule has 0 unspecified atom stereocenters. The second-order valence-corrected chi connectivity index (χ2v) is 6.55. The zero-order chi connectivity index (χ0) is 16.2. The molecule has 23 heavy (non-hydrogen) atoms. The number of rotatable bonds is 6. The molecular formula is C19H20N2OS. The van der Waals surface area contributed by atoms with Crippen LogP contribution in [0.25, 0.3) is 21.5 Å². The quantitative estimate of drug-likeness (QED) is 0.647. The van der Waals surface area contributed by atoms with Crippen LogP contribution in [0.2, 0.25) is 0 Å². The van der Waals surface area contributed by atoms with Crippen molar-refractivity contribution in [3.8, 4) is 10.6 Å². The SMILES string of the molecule is C=CCNC(=O)CCc1c(-c2cccs2)[nH]c2ccc(C)cc12. The molecule has 1 amide bonds. The minimum Gasteiger partial charge on any atom is -0.354 e. The molecule has 118 valence electrons. The van der Waals surface area contributed by atoms with Gasteiger partial charge in [0.1, 0.15) is 0 Å². The van der Waals surface area contributed by atoms with E-state index >= 15 is 0 Å². The van der Waals surface area contributed by atoms with E-state index in [1.807, 2.05) is 0 Å². The fourth-order valence-corrected chi connectivity index (χ4v) is 3.52. The van der Waals surface area contributed by atoms with Crippen molar-refractivity contribution in [2.45, 2.75) is 19.8 Å². The van der Waals surface area contributed by atoms with Gasteiger partial charge in [-0.15, -0.1) is 17.9 Å². The normalized spacial score (nSPS) is 10.8. The second kappa shape index (κ2) is 6.84. The number of aromatic amines is 1. The Morgan fingerprint density at radius 3 is 3.00 bits per heavy atom. The Bertz CT molecular complexity index is 831. The van der Waals surface area contributed by atoms with Gasteiger partial charge < -0.3 is 10.3 Å². The first-order chi connectivity index (χ1) is 11.2. The van der Waals surface area contributed by atoms with E-state index in [4.69, 9.17) is 0 Å². The Balaban J connectivity index is 1.95. The van der Waals surface area contributed by atoms with Crippen LogP contribution in [-0.4, -0.2) is 17.4 Å². The molecule has 3 aromatic rings. The average Bonchev–Trinajstić information content (AvgIpc) is 3.18. The second-order valence-electron chi connectivity index (χ2n) is 5.60. The number of carbonyl (C=O) groups excluding carboxylic acids is 1. The maximum absolute atomic E-state index is 11.9. The molecule has 0 saturated carbocycles. The molecule has 0 bridgehead atoms. The fraction of sp³-hybridized carbons (Fsp3) is 0.211. The van der Waals surface area contributed by atoms with Crippen molar-refractivity contribution < 1.29 is 4.79 Å². The summed E-state index contributed by atoms with van der Waals surface area (Å²) in [5.41, 5.74) is 4.71. The number of hydrogen-bond acceptors (Lipinski definition) is 2. The van der Waals surface area contributed by atoms with Crippen LogP contribution in [-0.2, 0) is 11.2 Å². The number of amides is 1. The number of hydrogen-bond donors (Lipinski definition) is 2. The van der Waals surface area contributed by atoms with Gasteiger partial charge in [-0.05, 0) is 42.5 Å². The Hall–Kier alpha value is -2.33. The van der Waals surface area contributed by atoms with E-state index in [2.05, 4.69) is 59.5 Å². The van der Waals surface area contributed by atoms with Crippen molar-refractivity contribution in [2.24, 2.45) is 0 Å². The lowest BCUT2D eigenvalue weighted by atomic mass is 10.0.